The van der Waals surface area contributed by atoms with Crippen LogP contribution in [0.15, 0.2) is 23.1 Å². The van der Waals surface area contributed by atoms with E-state index in [2.05, 4.69) is 0 Å². The lowest BCUT2D eigenvalue weighted by molar-refractivity contribution is -0.141. The summed E-state index contributed by atoms with van der Waals surface area (Å²) in [6.45, 7) is 1.94. The normalized spacial score (nSPS) is 20.6. The van der Waals surface area contributed by atoms with E-state index in [0.717, 1.165) is 0 Å². The van der Waals surface area contributed by atoms with Gasteiger partial charge < -0.3 is 5.11 Å². The van der Waals surface area contributed by atoms with Gasteiger partial charge in [0.15, 0.2) is 0 Å². The first-order valence-corrected chi connectivity index (χ1v) is 7.64. The zero-order valence-corrected chi connectivity index (χ0v) is 11.9. The maximum Gasteiger partial charge on any atom is 0.307 e. The lowest BCUT2D eigenvalue weighted by atomic mass is 10.1. The molecular formula is C12H14ClNO4S. The van der Waals surface area contributed by atoms with Gasteiger partial charge in [-0.05, 0) is 25.0 Å². The summed E-state index contributed by atoms with van der Waals surface area (Å²) in [4.78, 5) is 10.9. The summed E-state index contributed by atoms with van der Waals surface area (Å²) in [6.07, 6.45) is 0.331. The zero-order chi connectivity index (χ0) is 14.2. The van der Waals surface area contributed by atoms with Crippen molar-refractivity contribution in [1.29, 1.82) is 0 Å². The second-order valence-corrected chi connectivity index (χ2v) is 6.86. The minimum atomic E-state index is -3.72. The highest BCUT2D eigenvalue weighted by atomic mass is 35.5. The van der Waals surface area contributed by atoms with E-state index in [-0.39, 0.29) is 23.0 Å². The van der Waals surface area contributed by atoms with Gasteiger partial charge >= 0.3 is 5.97 Å². The molecular weight excluding hydrogens is 290 g/mol. The molecule has 5 nitrogen and oxygen atoms in total. The number of carboxylic acid groups (broad SMARTS) is 1. The van der Waals surface area contributed by atoms with E-state index in [9.17, 15) is 13.2 Å². The van der Waals surface area contributed by atoms with Crippen molar-refractivity contribution >= 4 is 27.6 Å². The Kier molecular flexibility index (Phi) is 3.85. The fourth-order valence-corrected chi connectivity index (χ4v) is 4.16. The van der Waals surface area contributed by atoms with Gasteiger partial charge in [-0.1, -0.05) is 23.7 Å². The van der Waals surface area contributed by atoms with Crippen molar-refractivity contribution < 1.29 is 18.3 Å². The Labute approximate surface area is 116 Å². The lowest BCUT2D eigenvalue weighted by Crippen LogP contribution is -2.30. The number of hydrogen-bond acceptors (Lipinski definition) is 3. The van der Waals surface area contributed by atoms with Gasteiger partial charge in [0.25, 0.3) is 0 Å². The van der Waals surface area contributed by atoms with Crippen molar-refractivity contribution in [3.63, 3.8) is 0 Å². The smallest absolute Gasteiger partial charge is 0.307 e. The van der Waals surface area contributed by atoms with Crippen molar-refractivity contribution in [2.75, 3.05) is 13.1 Å². The van der Waals surface area contributed by atoms with Crippen molar-refractivity contribution in [3.8, 4) is 0 Å². The molecule has 19 heavy (non-hydrogen) atoms. The van der Waals surface area contributed by atoms with Crippen LogP contribution < -0.4 is 0 Å². The standard InChI is InChI=1S/C12H14ClNO4S/c1-8-3-2-4-10(11(8)13)19(17,18)14-6-5-9(7-14)12(15)16/h2-4,9H,5-7H2,1H3,(H,15,16). The summed E-state index contributed by atoms with van der Waals surface area (Å²) in [7, 11) is -3.72. The molecule has 104 valence electrons. The van der Waals surface area contributed by atoms with E-state index in [1.165, 1.54) is 10.4 Å². The number of sulfonamides is 1. The predicted octanol–water partition coefficient (Wildman–Crippen LogP) is 1.74. The average molecular weight is 304 g/mol. The number of nitrogens with zero attached hydrogens (tertiary/aromatic N) is 1. The van der Waals surface area contributed by atoms with Crippen molar-refractivity contribution in [3.05, 3.63) is 28.8 Å². The Morgan fingerprint density at radius 3 is 2.74 bits per heavy atom. The Bertz CT molecular complexity index is 614. The Hall–Kier alpha value is -1.11. The monoisotopic (exact) mass is 303 g/mol. The van der Waals surface area contributed by atoms with E-state index < -0.39 is 21.9 Å². The molecule has 0 bridgehead atoms. The molecule has 1 aliphatic heterocycles. The fraction of sp³-hybridized carbons (Fsp3) is 0.417. The maximum atomic E-state index is 12.4. The van der Waals surface area contributed by atoms with Crippen LogP contribution in [0, 0.1) is 12.8 Å². The minimum absolute atomic E-state index is 0.00192. The molecule has 2 rings (SSSR count). The number of rotatable bonds is 3. The number of carboxylic acids is 1. The molecule has 7 heteroatoms. The SMILES string of the molecule is Cc1cccc(S(=O)(=O)N2CCC(C(=O)O)C2)c1Cl. The molecule has 0 radical (unpaired) electrons. The van der Waals surface area contributed by atoms with Crippen LogP contribution in [0.4, 0.5) is 0 Å². The first kappa shape index (κ1) is 14.3. The second kappa shape index (κ2) is 5.11. The highest BCUT2D eigenvalue weighted by molar-refractivity contribution is 7.89. The van der Waals surface area contributed by atoms with Crippen molar-refractivity contribution in [2.45, 2.75) is 18.2 Å². The molecule has 1 aliphatic rings. The number of halogens is 1. The molecule has 1 heterocycles. The van der Waals surface area contributed by atoms with Crippen LogP contribution in [0.3, 0.4) is 0 Å². The number of carbonyl (C=O) groups is 1. The van der Waals surface area contributed by atoms with Gasteiger partial charge in [0, 0.05) is 13.1 Å². The van der Waals surface area contributed by atoms with Crippen LogP contribution in [0.5, 0.6) is 0 Å². The van der Waals surface area contributed by atoms with Gasteiger partial charge in [-0.15, -0.1) is 0 Å². The number of aryl methyl sites for hydroxylation is 1. The van der Waals surface area contributed by atoms with Crippen LogP contribution in [0.25, 0.3) is 0 Å². The van der Waals surface area contributed by atoms with Crippen LogP contribution in [-0.4, -0.2) is 36.9 Å². The fourth-order valence-electron chi connectivity index (χ4n) is 2.11. The average Bonchev–Trinajstić information content (AvgIpc) is 2.82. The summed E-state index contributed by atoms with van der Waals surface area (Å²) in [6, 6.07) is 4.79. The highest BCUT2D eigenvalue weighted by Gasteiger charge is 2.36. The molecule has 0 aromatic heterocycles. The van der Waals surface area contributed by atoms with E-state index in [1.807, 2.05) is 0 Å². The summed E-state index contributed by atoms with van der Waals surface area (Å²) in [5.41, 5.74) is 0.678. The Balaban J connectivity index is 2.34. The number of hydrogen-bond donors (Lipinski definition) is 1. The Morgan fingerprint density at radius 1 is 1.47 bits per heavy atom. The third-order valence-electron chi connectivity index (χ3n) is 3.27. The van der Waals surface area contributed by atoms with Crippen LogP contribution >= 0.6 is 11.6 Å². The second-order valence-electron chi connectivity index (χ2n) is 4.57. The topological polar surface area (TPSA) is 74.7 Å². The highest BCUT2D eigenvalue weighted by Crippen LogP contribution is 2.30. The van der Waals surface area contributed by atoms with Crippen molar-refractivity contribution in [2.24, 2.45) is 5.92 Å². The molecule has 0 amide bonds. The summed E-state index contributed by atoms with van der Waals surface area (Å²) in [5, 5.41) is 9.11. The molecule has 1 aromatic rings. The van der Waals surface area contributed by atoms with Gasteiger partial charge in [0.05, 0.1) is 10.9 Å². The number of aliphatic carboxylic acids is 1. The van der Waals surface area contributed by atoms with Crippen molar-refractivity contribution in [1.82, 2.24) is 4.31 Å². The largest absolute Gasteiger partial charge is 0.481 e. The van der Waals surface area contributed by atoms with E-state index in [4.69, 9.17) is 16.7 Å². The molecule has 0 aliphatic carbocycles. The van der Waals surface area contributed by atoms with Crippen LogP contribution in [0.1, 0.15) is 12.0 Å². The van der Waals surface area contributed by atoms with Gasteiger partial charge in [0.1, 0.15) is 4.90 Å². The number of benzene rings is 1. The summed E-state index contributed by atoms with van der Waals surface area (Å²) >= 11 is 6.03. The Morgan fingerprint density at radius 2 is 2.16 bits per heavy atom. The van der Waals surface area contributed by atoms with Crippen LogP contribution in [0.2, 0.25) is 5.02 Å². The zero-order valence-electron chi connectivity index (χ0n) is 10.3. The molecule has 1 saturated heterocycles. The van der Waals surface area contributed by atoms with Crippen LogP contribution in [-0.2, 0) is 14.8 Å². The first-order chi connectivity index (χ1) is 8.84. The lowest BCUT2D eigenvalue weighted by Gasteiger charge is -2.17. The molecule has 1 fully saturated rings. The molecule has 0 saturated carbocycles. The molecule has 1 atom stereocenters. The van der Waals surface area contributed by atoms with Gasteiger partial charge in [-0.2, -0.15) is 4.31 Å². The quantitative estimate of drug-likeness (QED) is 0.923. The first-order valence-electron chi connectivity index (χ1n) is 5.82. The molecule has 1 aromatic carbocycles. The van der Waals surface area contributed by atoms with Gasteiger partial charge in [-0.3, -0.25) is 4.79 Å². The van der Waals surface area contributed by atoms with E-state index >= 15 is 0 Å². The molecule has 0 spiro atoms. The summed E-state index contributed by atoms with van der Waals surface area (Å²) in [5.74, 6) is -1.61. The summed E-state index contributed by atoms with van der Waals surface area (Å²) < 4.78 is 26.0. The third kappa shape index (κ3) is 2.61. The molecule has 1 N–H and O–H groups in total. The third-order valence-corrected chi connectivity index (χ3v) is 5.80. The predicted molar refractivity (Wildman–Crippen MR) is 70.7 cm³/mol. The van der Waals surface area contributed by atoms with Gasteiger partial charge in [0.2, 0.25) is 10.0 Å². The minimum Gasteiger partial charge on any atom is -0.481 e. The van der Waals surface area contributed by atoms with Gasteiger partial charge in [-0.25, -0.2) is 8.42 Å². The molecule has 1 unspecified atom stereocenters. The van der Waals surface area contributed by atoms with E-state index in [0.29, 0.717) is 12.0 Å². The van der Waals surface area contributed by atoms with E-state index in [1.54, 1.807) is 19.1 Å². The maximum absolute atomic E-state index is 12.4.